The lowest BCUT2D eigenvalue weighted by molar-refractivity contribution is 0.0574. The van der Waals surface area contributed by atoms with Crippen molar-refractivity contribution in [3.63, 3.8) is 0 Å². The van der Waals surface area contributed by atoms with Gasteiger partial charge in [0, 0.05) is 23.7 Å². The Hall–Kier alpha value is -1.79. The summed E-state index contributed by atoms with van der Waals surface area (Å²) in [4.78, 5) is 14.8. The molecule has 0 saturated carbocycles. The van der Waals surface area contributed by atoms with Crippen LogP contribution in [0.4, 0.5) is 0 Å². The van der Waals surface area contributed by atoms with Crippen molar-refractivity contribution in [2.45, 2.75) is 39.7 Å². The lowest BCUT2D eigenvalue weighted by atomic mass is 9.94. The summed E-state index contributed by atoms with van der Waals surface area (Å²) in [6.07, 6.45) is 2.28. The van der Waals surface area contributed by atoms with Crippen LogP contribution in [0.15, 0.2) is 18.2 Å². The van der Waals surface area contributed by atoms with Crippen molar-refractivity contribution >= 4 is 5.91 Å². The van der Waals surface area contributed by atoms with Gasteiger partial charge in [-0.3, -0.25) is 4.79 Å². The first-order valence-corrected chi connectivity index (χ1v) is 7.63. The second-order valence-electron chi connectivity index (χ2n) is 6.08. The molecule has 1 aliphatic heterocycles. The normalized spacial score (nSPS) is 21.6. The Morgan fingerprint density at radius 1 is 1.33 bits per heavy atom. The number of rotatable bonds is 1. The Balaban J connectivity index is 2.27. The predicted octanol–water partition coefficient (Wildman–Crippen LogP) is 2.57. The fraction of sp³-hybridized carbons (Fsp3) is 0.500. The number of carbonyl (C=O) groups is 1. The van der Waals surface area contributed by atoms with Gasteiger partial charge in [0.15, 0.2) is 0 Å². The average Bonchev–Trinajstić information content (AvgIpc) is 2.46. The number of carbonyl (C=O) groups excluding carboxylic acids is 1. The smallest absolute Gasteiger partial charge is 0.254 e. The van der Waals surface area contributed by atoms with Crippen molar-refractivity contribution in [3.05, 3.63) is 34.9 Å². The van der Waals surface area contributed by atoms with E-state index in [0.717, 1.165) is 29.7 Å². The van der Waals surface area contributed by atoms with Crippen LogP contribution in [0.25, 0.3) is 0 Å². The number of benzene rings is 1. The van der Waals surface area contributed by atoms with Gasteiger partial charge in [-0.05, 0) is 56.4 Å². The summed E-state index contributed by atoms with van der Waals surface area (Å²) in [6.45, 7) is 7.51. The van der Waals surface area contributed by atoms with Crippen molar-refractivity contribution in [1.82, 2.24) is 4.90 Å². The summed E-state index contributed by atoms with van der Waals surface area (Å²) in [6, 6.07) is 6.13. The molecule has 1 fully saturated rings. The van der Waals surface area contributed by atoms with E-state index in [-0.39, 0.29) is 5.91 Å². The first-order valence-electron chi connectivity index (χ1n) is 7.63. The van der Waals surface area contributed by atoms with Crippen molar-refractivity contribution in [2.24, 2.45) is 11.7 Å². The number of aryl methyl sites for hydroxylation is 1. The molecule has 2 atom stereocenters. The largest absolute Gasteiger partial charge is 0.336 e. The fourth-order valence-electron chi connectivity index (χ4n) is 2.87. The van der Waals surface area contributed by atoms with Crippen molar-refractivity contribution in [2.75, 3.05) is 13.1 Å². The number of piperidine rings is 1. The number of likely N-dealkylation sites (tertiary alicyclic amines) is 1. The van der Waals surface area contributed by atoms with E-state index in [9.17, 15) is 4.79 Å². The molecular weight excluding hydrogens is 260 g/mol. The van der Waals surface area contributed by atoms with Gasteiger partial charge in [-0.2, -0.15) is 0 Å². The van der Waals surface area contributed by atoms with Crippen molar-refractivity contribution < 1.29 is 4.79 Å². The second-order valence-corrected chi connectivity index (χ2v) is 6.08. The lowest BCUT2D eigenvalue weighted by Crippen LogP contribution is -2.44. The third-order valence-electron chi connectivity index (χ3n) is 4.04. The van der Waals surface area contributed by atoms with Crippen LogP contribution in [0.5, 0.6) is 0 Å². The van der Waals surface area contributed by atoms with Crippen LogP contribution in [0.3, 0.4) is 0 Å². The molecule has 0 aromatic heterocycles. The van der Waals surface area contributed by atoms with Crippen LogP contribution < -0.4 is 5.73 Å². The molecule has 1 aromatic rings. The maximum atomic E-state index is 12.8. The minimum absolute atomic E-state index is 0.119. The SMILES string of the molecule is Cc1cc(C#CCN)cc(C(=O)N2CC(C)CCC2C)c1. The summed E-state index contributed by atoms with van der Waals surface area (Å²) in [7, 11) is 0. The molecule has 1 aromatic carbocycles. The highest BCUT2D eigenvalue weighted by Gasteiger charge is 2.27. The first kappa shape index (κ1) is 15.6. The van der Waals surface area contributed by atoms with Gasteiger partial charge in [-0.25, -0.2) is 0 Å². The zero-order valence-corrected chi connectivity index (χ0v) is 13.1. The first-order chi connectivity index (χ1) is 10.0. The summed E-state index contributed by atoms with van der Waals surface area (Å²) in [5.74, 6) is 6.56. The quantitative estimate of drug-likeness (QED) is 0.806. The van der Waals surface area contributed by atoms with Gasteiger partial charge in [0.05, 0.1) is 6.54 Å². The molecule has 112 valence electrons. The van der Waals surface area contributed by atoms with Crippen LogP contribution in [-0.2, 0) is 0 Å². The summed E-state index contributed by atoms with van der Waals surface area (Å²) in [5, 5.41) is 0. The van der Waals surface area contributed by atoms with E-state index in [2.05, 4.69) is 25.7 Å². The van der Waals surface area contributed by atoms with Gasteiger partial charge in [0.2, 0.25) is 0 Å². The Morgan fingerprint density at radius 3 is 2.81 bits per heavy atom. The predicted molar refractivity (Wildman–Crippen MR) is 86.0 cm³/mol. The molecule has 0 aliphatic carbocycles. The maximum Gasteiger partial charge on any atom is 0.254 e. The summed E-state index contributed by atoms with van der Waals surface area (Å²) < 4.78 is 0. The molecule has 0 spiro atoms. The minimum atomic E-state index is 0.119. The van der Waals surface area contributed by atoms with Gasteiger partial charge in [0.1, 0.15) is 0 Å². The Morgan fingerprint density at radius 2 is 2.10 bits per heavy atom. The molecular formula is C18H24N2O. The molecule has 21 heavy (non-hydrogen) atoms. The zero-order chi connectivity index (χ0) is 15.4. The summed E-state index contributed by atoms with van der Waals surface area (Å²) >= 11 is 0. The van der Waals surface area contributed by atoms with E-state index in [0.29, 0.717) is 18.5 Å². The van der Waals surface area contributed by atoms with Gasteiger partial charge < -0.3 is 10.6 Å². The lowest BCUT2D eigenvalue weighted by Gasteiger charge is -2.37. The van der Waals surface area contributed by atoms with Gasteiger partial charge in [-0.1, -0.05) is 18.8 Å². The number of nitrogens with two attached hydrogens (primary N) is 1. The molecule has 3 nitrogen and oxygen atoms in total. The van der Waals surface area contributed by atoms with E-state index in [1.165, 1.54) is 6.42 Å². The average molecular weight is 284 g/mol. The van der Waals surface area contributed by atoms with E-state index in [4.69, 9.17) is 5.73 Å². The number of hydrogen-bond donors (Lipinski definition) is 1. The third-order valence-corrected chi connectivity index (χ3v) is 4.04. The molecule has 1 heterocycles. The Labute approximate surface area is 127 Å². The molecule has 2 N–H and O–H groups in total. The minimum Gasteiger partial charge on any atom is -0.336 e. The van der Waals surface area contributed by atoms with Crippen LogP contribution in [0.1, 0.15) is 48.2 Å². The zero-order valence-electron chi connectivity index (χ0n) is 13.1. The van der Waals surface area contributed by atoms with E-state index >= 15 is 0 Å². The topological polar surface area (TPSA) is 46.3 Å². The molecule has 2 unspecified atom stereocenters. The Kier molecular flexibility index (Phi) is 5.03. The highest BCUT2D eigenvalue weighted by atomic mass is 16.2. The van der Waals surface area contributed by atoms with Gasteiger partial charge >= 0.3 is 0 Å². The standard InChI is InChI=1S/C18H24N2O/c1-13-6-7-15(3)20(12-13)18(21)17-10-14(2)9-16(11-17)5-4-8-19/h9-11,13,15H,6-8,12,19H2,1-3H3. The maximum absolute atomic E-state index is 12.8. The molecule has 2 rings (SSSR count). The van der Waals surface area contributed by atoms with Crippen LogP contribution >= 0.6 is 0 Å². The van der Waals surface area contributed by atoms with Gasteiger partial charge in [0.25, 0.3) is 5.91 Å². The van der Waals surface area contributed by atoms with Crippen LogP contribution in [0.2, 0.25) is 0 Å². The van der Waals surface area contributed by atoms with Crippen molar-refractivity contribution in [1.29, 1.82) is 0 Å². The molecule has 1 aliphatic rings. The van der Waals surface area contributed by atoms with Crippen LogP contribution in [0, 0.1) is 24.7 Å². The molecule has 0 bridgehead atoms. The number of nitrogens with zero attached hydrogens (tertiary/aromatic N) is 1. The van der Waals surface area contributed by atoms with Crippen molar-refractivity contribution in [3.8, 4) is 11.8 Å². The molecule has 1 saturated heterocycles. The molecule has 3 heteroatoms. The molecule has 1 amide bonds. The Bertz CT molecular complexity index is 583. The summed E-state index contributed by atoms with van der Waals surface area (Å²) in [5.41, 5.74) is 8.07. The number of amides is 1. The van der Waals surface area contributed by atoms with Gasteiger partial charge in [-0.15, -0.1) is 0 Å². The van der Waals surface area contributed by atoms with E-state index in [1.807, 2.05) is 30.0 Å². The fourth-order valence-corrected chi connectivity index (χ4v) is 2.87. The third kappa shape index (κ3) is 3.86. The van der Waals surface area contributed by atoms with E-state index < -0.39 is 0 Å². The second kappa shape index (κ2) is 6.78. The monoisotopic (exact) mass is 284 g/mol. The van der Waals surface area contributed by atoms with Crippen LogP contribution in [-0.4, -0.2) is 29.9 Å². The highest BCUT2D eigenvalue weighted by Crippen LogP contribution is 2.23. The highest BCUT2D eigenvalue weighted by molar-refractivity contribution is 5.95. The van der Waals surface area contributed by atoms with E-state index in [1.54, 1.807) is 0 Å². The molecule has 0 radical (unpaired) electrons. The number of hydrogen-bond acceptors (Lipinski definition) is 2.